The van der Waals surface area contributed by atoms with Crippen LogP contribution in [0.3, 0.4) is 0 Å². The van der Waals surface area contributed by atoms with Crippen LogP contribution < -0.4 is 16.1 Å². The molecule has 1 fully saturated rings. The van der Waals surface area contributed by atoms with Crippen LogP contribution in [0.4, 0.5) is 14.6 Å². The van der Waals surface area contributed by atoms with Crippen molar-refractivity contribution in [2.24, 2.45) is 5.73 Å². The molecule has 3 N–H and O–H groups in total. The molecule has 0 spiro atoms. The van der Waals surface area contributed by atoms with Gasteiger partial charge in [-0.1, -0.05) is 18.2 Å². The van der Waals surface area contributed by atoms with Gasteiger partial charge in [-0.2, -0.15) is 0 Å². The summed E-state index contributed by atoms with van der Waals surface area (Å²) in [5.41, 5.74) is 6.81. The molecule has 1 aromatic carbocycles. The van der Waals surface area contributed by atoms with Gasteiger partial charge in [0.05, 0.1) is 28.7 Å². The van der Waals surface area contributed by atoms with Crippen LogP contribution >= 0.6 is 0 Å². The SMILES string of the molecule is NC(=O)c1nccc2[nH]c(-c3cc4ccccc4nc3N3CCCCC(F)(F)C3)cc(=O)c12. The van der Waals surface area contributed by atoms with E-state index in [2.05, 4.69) is 9.97 Å². The second kappa shape index (κ2) is 7.91. The van der Waals surface area contributed by atoms with Crippen molar-refractivity contribution in [1.82, 2.24) is 15.0 Å². The number of rotatable bonds is 3. The molecule has 0 saturated carbocycles. The van der Waals surface area contributed by atoms with E-state index in [4.69, 9.17) is 10.7 Å². The highest BCUT2D eigenvalue weighted by atomic mass is 19.3. The Balaban J connectivity index is 1.75. The van der Waals surface area contributed by atoms with Gasteiger partial charge in [-0.3, -0.25) is 14.6 Å². The summed E-state index contributed by atoms with van der Waals surface area (Å²) in [5.74, 6) is -3.26. The number of nitrogens with one attached hydrogen (secondary N) is 1. The Bertz CT molecular complexity index is 1450. The quantitative estimate of drug-likeness (QED) is 0.494. The van der Waals surface area contributed by atoms with Crippen LogP contribution in [-0.4, -0.2) is 39.9 Å². The number of carbonyl (C=O) groups excluding carboxylic acids is 1. The first-order valence-electron chi connectivity index (χ1n) is 10.7. The molecule has 9 heteroatoms. The average Bonchev–Trinajstić information content (AvgIpc) is 2.97. The number of halogens is 2. The van der Waals surface area contributed by atoms with Gasteiger partial charge in [0.2, 0.25) is 0 Å². The first-order valence-corrected chi connectivity index (χ1v) is 10.7. The number of anilines is 1. The molecule has 1 aliphatic heterocycles. The second-order valence-corrected chi connectivity index (χ2v) is 8.28. The van der Waals surface area contributed by atoms with Crippen molar-refractivity contribution in [3.8, 4) is 11.3 Å². The number of alkyl halides is 2. The first kappa shape index (κ1) is 21.0. The number of carbonyl (C=O) groups is 1. The zero-order chi connectivity index (χ0) is 23.2. The molecule has 5 rings (SSSR count). The van der Waals surface area contributed by atoms with E-state index in [1.807, 2.05) is 30.3 Å². The number of benzene rings is 1. The van der Waals surface area contributed by atoms with E-state index in [0.717, 1.165) is 5.39 Å². The van der Waals surface area contributed by atoms with Gasteiger partial charge in [-0.25, -0.2) is 13.8 Å². The molecule has 0 unspecified atom stereocenters. The lowest BCUT2D eigenvalue weighted by Gasteiger charge is -2.27. The number of aromatic amines is 1. The Morgan fingerprint density at radius 2 is 1.97 bits per heavy atom. The summed E-state index contributed by atoms with van der Waals surface area (Å²) in [5, 5.41) is 0.900. The van der Waals surface area contributed by atoms with Gasteiger partial charge in [0.1, 0.15) is 11.5 Å². The van der Waals surface area contributed by atoms with E-state index in [0.29, 0.717) is 47.5 Å². The molecular weight excluding hydrogens is 428 g/mol. The van der Waals surface area contributed by atoms with Crippen LogP contribution in [0.5, 0.6) is 0 Å². The van der Waals surface area contributed by atoms with Gasteiger partial charge >= 0.3 is 0 Å². The molecule has 0 aliphatic carbocycles. The molecule has 1 aliphatic rings. The van der Waals surface area contributed by atoms with E-state index in [1.165, 1.54) is 12.3 Å². The topological polar surface area (TPSA) is 105 Å². The van der Waals surface area contributed by atoms with Crippen LogP contribution in [0.2, 0.25) is 0 Å². The van der Waals surface area contributed by atoms with E-state index < -0.39 is 23.8 Å². The van der Waals surface area contributed by atoms with Crippen molar-refractivity contribution >= 4 is 33.5 Å². The van der Waals surface area contributed by atoms with Crippen LogP contribution in [0, 0.1) is 0 Å². The minimum absolute atomic E-state index is 0.0883. The molecule has 33 heavy (non-hydrogen) atoms. The standard InChI is InChI=1S/C24H21F2N5O2/c25-24(26)8-3-4-10-31(13-24)23-15(11-14-5-1-2-6-16(14)30-23)18-12-19(32)20-17(29-18)7-9-28-21(20)22(27)33/h1-2,5-7,9,11-12H,3-4,8,10,13H2,(H2,27,33)(H,29,32). The highest BCUT2D eigenvalue weighted by molar-refractivity contribution is 6.04. The fourth-order valence-corrected chi connectivity index (χ4v) is 4.38. The number of H-pyrrole nitrogens is 1. The smallest absolute Gasteiger partial charge is 0.268 e. The summed E-state index contributed by atoms with van der Waals surface area (Å²) in [6.45, 7) is -0.0135. The minimum Gasteiger partial charge on any atom is -0.364 e. The maximum absolute atomic E-state index is 14.5. The maximum Gasteiger partial charge on any atom is 0.268 e. The predicted octanol–water partition coefficient (Wildman–Crippen LogP) is 3.86. The Labute approximate surface area is 187 Å². The third kappa shape index (κ3) is 3.90. The van der Waals surface area contributed by atoms with Gasteiger partial charge in [-0.15, -0.1) is 0 Å². The zero-order valence-corrected chi connectivity index (χ0v) is 17.6. The van der Waals surface area contributed by atoms with Crippen molar-refractivity contribution in [1.29, 1.82) is 0 Å². The summed E-state index contributed by atoms with van der Waals surface area (Å²) in [7, 11) is 0. The van der Waals surface area contributed by atoms with E-state index in [-0.39, 0.29) is 17.5 Å². The second-order valence-electron chi connectivity index (χ2n) is 8.28. The van der Waals surface area contributed by atoms with Crippen LogP contribution in [0.25, 0.3) is 33.1 Å². The maximum atomic E-state index is 14.5. The fraction of sp³-hybridized carbons (Fsp3) is 0.250. The highest BCUT2D eigenvalue weighted by Gasteiger charge is 2.35. The van der Waals surface area contributed by atoms with Crippen molar-refractivity contribution < 1.29 is 13.6 Å². The molecule has 1 saturated heterocycles. The average molecular weight is 449 g/mol. The minimum atomic E-state index is -2.83. The number of nitrogens with two attached hydrogens (primary N) is 1. The van der Waals surface area contributed by atoms with Crippen LogP contribution in [-0.2, 0) is 0 Å². The number of nitrogens with zero attached hydrogens (tertiary/aromatic N) is 3. The van der Waals surface area contributed by atoms with E-state index >= 15 is 0 Å². The molecule has 4 heterocycles. The Hall–Kier alpha value is -3.88. The molecule has 0 bridgehead atoms. The Morgan fingerprint density at radius 1 is 1.15 bits per heavy atom. The normalized spacial score (nSPS) is 16.1. The summed E-state index contributed by atoms with van der Waals surface area (Å²) in [6, 6.07) is 12.2. The van der Waals surface area contributed by atoms with E-state index in [9.17, 15) is 18.4 Å². The van der Waals surface area contributed by atoms with Crippen molar-refractivity contribution in [2.45, 2.75) is 25.2 Å². The number of hydrogen-bond acceptors (Lipinski definition) is 5. The monoisotopic (exact) mass is 449 g/mol. The largest absolute Gasteiger partial charge is 0.364 e. The Kier molecular flexibility index (Phi) is 5.03. The van der Waals surface area contributed by atoms with Gasteiger partial charge < -0.3 is 15.6 Å². The number of hydrogen-bond donors (Lipinski definition) is 2. The van der Waals surface area contributed by atoms with Gasteiger partial charge in [0, 0.05) is 36.2 Å². The first-order chi connectivity index (χ1) is 15.8. The molecular formula is C24H21F2N5O2. The number of pyridine rings is 3. The molecule has 168 valence electrons. The lowest BCUT2D eigenvalue weighted by Crippen LogP contribution is -2.36. The lowest BCUT2D eigenvalue weighted by molar-refractivity contribution is 0.00338. The number of amides is 1. The molecule has 0 atom stereocenters. The molecule has 4 aromatic rings. The van der Waals surface area contributed by atoms with Gasteiger partial charge in [0.25, 0.3) is 11.8 Å². The summed E-state index contributed by atoms with van der Waals surface area (Å²) < 4.78 is 28.9. The Morgan fingerprint density at radius 3 is 2.79 bits per heavy atom. The molecule has 7 nitrogen and oxygen atoms in total. The highest BCUT2D eigenvalue weighted by Crippen LogP contribution is 2.35. The van der Waals surface area contributed by atoms with E-state index in [1.54, 1.807) is 11.0 Å². The lowest BCUT2D eigenvalue weighted by atomic mass is 10.1. The summed E-state index contributed by atoms with van der Waals surface area (Å²) in [4.78, 5) is 38.1. The third-order valence-corrected chi connectivity index (χ3v) is 5.91. The predicted molar refractivity (Wildman–Crippen MR) is 123 cm³/mol. The summed E-state index contributed by atoms with van der Waals surface area (Å²) in [6.07, 6.45) is 2.27. The number of fused-ring (bicyclic) bond motifs is 2. The van der Waals surface area contributed by atoms with Crippen molar-refractivity contribution in [3.05, 3.63) is 64.6 Å². The zero-order valence-electron chi connectivity index (χ0n) is 17.6. The molecule has 3 aromatic heterocycles. The van der Waals surface area contributed by atoms with Gasteiger partial charge in [-0.05, 0) is 31.0 Å². The van der Waals surface area contributed by atoms with Crippen LogP contribution in [0.1, 0.15) is 29.8 Å². The van der Waals surface area contributed by atoms with Gasteiger partial charge in [0.15, 0.2) is 5.43 Å². The van der Waals surface area contributed by atoms with Crippen molar-refractivity contribution in [3.63, 3.8) is 0 Å². The number of primary amides is 1. The van der Waals surface area contributed by atoms with Crippen molar-refractivity contribution in [2.75, 3.05) is 18.0 Å². The number of para-hydroxylation sites is 1. The summed E-state index contributed by atoms with van der Waals surface area (Å²) >= 11 is 0. The fourth-order valence-electron chi connectivity index (χ4n) is 4.38. The van der Waals surface area contributed by atoms with Crippen LogP contribution in [0.15, 0.2) is 53.5 Å². The molecule has 1 amide bonds. The number of aromatic nitrogens is 3. The third-order valence-electron chi connectivity index (χ3n) is 5.91. The molecule has 0 radical (unpaired) electrons.